The van der Waals surface area contributed by atoms with Gasteiger partial charge in [-0.05, 0) is 33.6 Å². The number of hydrogen-bond acceptors (Lipinski definition) is 11. The zero-order chi connectivity index (χ0) is 33.3. The maximum atomic E-state index is 13.1. The Labute approximate surface area is 260 Å². The number of nitrogens with one attached hydrogen (secondary N) is 3. The number of aliphatic hydroxyl groups excluding tert-OH is 3. The van der Waals surface area contributed by atoms with Gasteiger partial charge in [0.05, 0.1) is 31.8 Å². The fourth-order valence-electron chi connectivity index (χ4n) is 4.88. The van der Waals surface area contributed by atoms with E-state index in [0.717, 1.165) is 25.7 Å². The summed E-state index contributed by atoms with van der Waals surface area (Å²) < 4.78 is 11.1. The summed E-state index contributed by atoms with van der Waals surface area (Å²) in [7, 11) is 0. The minimum atomic E-state index is -1.60. The molecule has 0 aromatic carbocycles. The molecule has 14 nitrogen and oxygen atoms in total. The van der Waals surface area contributed by atoms with E-state index in [-0.39, 0.29) is 6.42 Å². The number of hydrogen-bond donors (Lipinski definition) is 7. The molecule has 0 aliphatic carbocycles. The predicted molar refractivity (Wildman–Crippen MR) is 161 cm³/mol. The Morgan fingerprint density at radius 1 is 0.886 bits per heavy atom. The molecule has 44 heavy (non-hydrogen) atoms. The van der Waals surface area contributed by atoms with Gasteiger partial charge in [-0.3, -0.25) is 19.2 Å². The number of unbranched alkanes of at least 4 members (excludes halogenated alkanes) is 9. The lowest BCUT2D eigenvalue weighted by Gasteiger charge is -2.31. The van der Waals surface area contributed by atoms with Crippen LogP contribution in [0.25, 0.3) is 0 Å². The van der Waals surface area contributed by atoms with Gasteiger partial charge in [-0.1, -0.05) is 64.7 Å². The van der Waals surface area contributed by atoms with Gasteiger partial charge in [-0.15, -0.1) is 0 Å². The van der Waals surface area contributed by atoms with Crippen LogP contribution in [-0.4, -0.2) is 100 Å². The molecule has 7 atom stereocenters. The highest BCUT2D eigenvalue weighted by Crippen LogP contribution is 2.34. The molecule has 1 heterocycles. The minimum absolute atomic E-state index is 0.175. The van der Waals surface area contributed by atoms with Gasteiger partial charge in [0.25, 0.3) is 0 Å². The largest absolute Gasteiger partial charge is 0.456 e. The maximum Gasteiger partial charge on any atom is 0.331 e. The van der Waals surface area contributed by atoms with E-state index in [2.05, 4.69) is 22.9 Å². The van der Waals surface area contributed by atoms with E-state index in [1.807, 2.05) is 0 Å². The lowest BCUT2D eigenvalue weighted by atomic mass is 9.91. The molecule has 1 aliphatic rings. The van der Waals surface area contributed by atoms with Crippen molar-refractivity contribution in [1.29, 1.82) is 0 Å². The molecule has 1 fully saturated rings. The molecule has 1 saturated heterocycles. The number of carbonyl (C=O) groups is 5. The van der Waals surface area contributed by atoms with Crippen molar-refractivity contribution in [3.63, 3.8) is 0 Å². The first-order valence-electron chi connectivity index (χ1n) is 15.8. The van der Waals surface area contributed by atoms with Gasteiger partial charge in [-0.2, -0.15) is 0 Å². The smallest absolute Gasteiger partial charge is 0.331 e. The van der Waals surface area contributed by atoms with E-state index in [1.165, 1.54) is 52.4 Å². The SMILES string of the molecule is CCCCCCCCCCCCC1(C)OC(=O)CC1OC(=O)[C@H](NC(=O)[C@@H](CO)NC(=O)[C@@H](CO)NC(=O)[C@H](C)N)[C@@H](C)O. The third-order valence-corrected chi connectivity index (χ3v) is 7.74. The van der Waals surface area contributed by atoms with Gasteiger partial charge in [-0.25, -0.2) is 4.79 Å². The fourth-order valence-corrected chi connectivity index (χ4v) is 4.88. The van der Waals surface area contributed by atoms with Crippen molar-refractivity contribution in [3.05, 3.63) is 0 Å². The highest BCUT2D eigenvalue weighted by molar-refractivity contribution is 5.94. The van der Waals surface area contributed by atoms with E-state index >= 15 is 0 Å². The molecule has 254 valence electrons. The Morgan fingerprint density at radius 2 is 1.36 bits per heavy atom. The van der Waals surface area contributed by atoms with Crippen molar-refractivity contribution in [1.82, 2.24) is 16.0 Å². The number of carbonyl (C=O) groups excluding carboxylic acids is 5. The molecule has 3 amide bonds. The molecule has 0 aromatic heterocycles. The van der Waals surface area contributed by atoms with Crippen molar-refractivity contribution in [2.45, 2.75) is 147 Å². The van der Waals surface area contributed by atoms with Crippen molar-refractivity contribution in [3.8, 4) is 0 Å². The van der Waals surface area contributed by atoms with E-state index in [0.29, 0.717) is 6.42 Å². The number of rotatable bonds is 22. The van der Waals surface area contributed by atoms with Crippen LogP contribution in [0.15, 0.2) is 0 Å². The first kappa shape index (κ1) is 39.2. The average Bonchev–Trinajstić information content (AvgIpc) is 3.25. The summed E-state index contributed by atoms with van der Waals surface area (Å²) in [6, 6.07) is -5.63. The van der Waals surface area contributed by atoms with E-state index < -0.39 is 84.9 Å². The molecule has 0 bridgehead atoms. The van der Waals surface area contributed by atoms with Crippen LogP contribution >= 0.6 is 0 Å². The highest BCUT2D eigenvalue weighted by Gasteiger charge is 2.48. The lowest BCUT2D eigenvalue weighted by Crippen LogP contribution is -2.60. The van der Waals surface area contributed by atoms with Gasteiger partial charge >= 0.3 is 11.9 Å². The summed E-state index contributed by atoms with van der Waals surface area (Å²) in [5.74, 6) is -4.29. The molecule has 1 rings (SSSR count). The van der Waals surface area contributed by atoms with Crippen LogP contribution in [0.1, 0.15) is 105 Å². The zero-order valence-corrected chi connectivity index (χ0v) is 26.6. The first-order valence-corrected chi connectivity index (χ1v) is 15.8. The molecule has 0 aromatic rings. The molecule has 1 aliphatic heterocycles. The van der Waals surface area contributed by atoms with Crippen LogP contribution < -0.4 is 21.7 Å². The first-order chi connectivity index (χ1) is 20.8. The van der Waals surface area contributed by atoms with Crippen LogP contribution in [0, 0.1) is 0 Å². The zero-order valence-electron chi connectivity index (χ0n) is 26.6. The van der Waals surface area contributed by atoms with E-state index in [9.17, 15) is 39.3 Å². The molecular formula is C30H54N4O10. The van der Waals surface area contributed by atoms with Gasteiger partial charge < -0.3 is 46.5 Å². The second kappa shape index (κ2) is 20.3. The van der Waals surface area contributed by atoms with Crippen LogP contribution in [0.4, 0.5) is 0 Å². The monoisotopic (exact) mass is 630 g/mol. The summed E-state index contributed by atoms with van der Waals surface area (Å²) in [6.45, 7) is 4.78. The fraction of sp³-hybridized carbons (Fsp3) is 0.833. The average molecular weight is 631 g/mol. The van der Waals surface area contributed by atoms with Crippen molar-refractivity contribution in [2.75, 3.05) is 13.2 Å². The maximum absolute atomic E-state index is 13.1. The summed E-state index contributed by atoms with van der Waals surface area (Å²) in [6.07, 6.45) is 9.27. The van der Waals surface area contributed by atoms with Gasteiger partial charge in [0.15, 0.2) is 12.1 Å². The Kier molecular flexibility index (Phi) is 18.1. The third kappa shape index (κ3) is 13.4. The molecule has 14 heteroatoms. The van der Waals surface area contributed by atoms with Crippen molar-refractivity contribution >= 4 is 29.7 Å². The number of ether oxygens (including phenoxy) is 2. The van der Waals surface area contributed by atoms with Crippen molar-refractivity contribution in [2.24, 2.45) is 5.73 Å². The number of cyclic esters (lactones) is 1. The van der Waals surface area contributed by atoms with Crippen molar-refractivity contribution < 1.29 is 48.8 Å². The number of amides is 3. The topological polar surface area (TPSA) is 227 Å². The lowest BCUT2D eigenvalue weighted by molar-refractivity contribution is -0.167. The Morgan fingerprint density at radius 3 is 1.84 bits per heavy atom. The Bertz CT molecular complexity index is 932. The minimum Gasteiger partial charge on any atom is -0.456 e. The molecule has 0 spiro atoms. The van der Waals surface area contributed by atoms with Crippen LogP contribution in [0.5, 0.6) is 0 Å². The standard InChI is InChI=1S/C30H54N4O10/c1-5-6-7-8-9-10-11-12-13-14-15-30(4)23(16-24(38)44-30)43-29(42)25(20(3)37)34-28(41)22(18-36)33-27(40)21(17-35)32-26(39)19(2)31/h19-23,25,35-37H,5-18,31H2,1-4H3,(H,32,39)(H,33,40)(H,34,41)/t19-,20+,21+,22+,23?,25+,30?/m0/s1. The Balaban J connectivity index is 2.71. The van der Waals surface area contributed by atoms with E-state index in [1.54, 1.807) is 6.92 Å². The third-order valence-electron chi connectivity index (χ3n) is 7.74. The van der Waals surface area contributed by atoms with Crippen LogP contribution in [0.3, 0.4) is 0 Å². The molecule has 0 saturated carbocycles. The summed E-state index contributed by atoms with van der Waals surface area (Å²) in [5.41, 5.74) is 4.38. The van der Waals surface area contributed by atoms with Gasteiger partial charge in [0.1, 0.15) is 17.7 Å². The molecule has 2 unspecified atom stereocenters. The van der Waals surface area contributed by atoms with E-state index in [4.69, 9.17) is 15.2 Å². The van der Waals surface area contributed by atoms with Crippen LogP contribution in [0.2, 0.25) is 0 Å². The number of nitrogens with two attached hydrogens (primary N) is 1. The van der Waals surface area contributed by atoms with Gasteiger partial charge in [0, 0.05) is 0 Å². The number of aliphatic hydroxyl groups is 3. The molecule has 8 N–H and O–H groups in total. The second-order valence-corrected chi connectivity index (χ2v) is 11.9. The normalized spacial score (nSPS) is 21.4. The van der Waals surface area contributed by atoms with Gasteiger partial charge in [0.2, 0.25) is 17.7 Å². The quantitative estimate of drug-likeness (QED) is 0.0626. The highest BCUT2D eigenvalue weighted by atomic mass is 16.6. The summed E-state index contributed by atoms with van der Waals surface area (Å²) in [5, 5.41) is 36.1. The molecule has 0 radical (unpaired) electrons. The van der Waals surface area contributed by atoms with Crippen LogP contribution in [-0.2, 0) is 33.4 Å². The Hall–Kier alpha value is -2.81. The summed E-state index contributed by atoms with van der Waals surface area (Å²) in [4.78, 5) is 62.4. The number of esters is 2. The predicted octanol–water partition coefficient (Wildman–Crippen LogP) is 0.0818. The second-order valence-electron chi connectivity index (χ2n) is 11.9. The molecular weight excluding hydrogens is 576 g/mol. The summed E-state index contributed by atoms with van der Waals surface area (Å²) >= 11 is 0.